The standard InChI is InChI=1S/C33H35F6N3O/c34-32(35,36)28-18-26(19-29(20-28)33(37,38)39)21-41-15-16-42(30(22-41)27-9-5-2-6-10-27)31(43)23-40-13-11-25(12-14-40)17-24-7-3-1-4-8-24/h1-10,18-20,25,30H,11-17,21-23H2. The minimum Gasteiger partial charge on any atom is -0.332 e. The number of alkyl halides is 6. The third kappa shape index (κ3) is 8.17. The van der Waals surface area contributed by atoms with Crippen LogP contribution in [0.25, 0.3) is 0 Å². The van der Waals surface area contributed by atoms with Crippen molar-refractivity contribution in [2.75, 3.05) is 39.3 Å². The van der Waals surface area contributed by atoms with Crippen molar-refractivity contribution in [3.05, 3.63) is 107 Å². The number of piperazine rings is 1. The molecule has 2 aliphatic heterocycles. The first-order chi connectivity index (χ1) is 20.5. The van der Waals surface area contributed by atoms with Crippen molar-refractivity contribution < 1.29 is 31.1 Å². The molecule has 2 fully saturated rings. The number of likely N-dealkylation sites (tertiary alicyclic amines) is 1. The van der Waals surface area contributed by atoms with Crippen LogP contribution < -0.4 is 0 Å². The maximum atomic E-state index is 13.6. The predicted octanol–water partition coefficient (Wildman–Crippen LogP) is 7.06. The van der Waals surface area contributed by atoms with Crippen LogP contribution in [-0.2, 0) is 30.1 Å². The van der Waals surface area contributed by atoms with Crippen molar-refractivity contribution in [1.82, 2.24) is 14.7 Å². The fourth-order valence-electron chi connectivity index (χ4n) is 6.19. The number of hydrogen-bond acceptors (Lipinski definition) is 3. The molecule has 0 saturated carbocycles. The lowest BCUT2D eigenvalue weighted by Crippen LogP contribution is -2.53. The summed E-state index contributed by atoms with van der Waals surface area (Å²) in [6.45, 7) is 2.82. The first-order valence-electron chi connectivity index (χ1n) is 14.6. The molecule has 10 heteroatoms. The average Bonchev–Trinajstić information content (AvgIpc) is 2.98. The number of rotatable bonds is 7. The summed E-state index contributed by atoms with van der Waals surface area (Å²) in [7, 11) is 0. The Morgan fingerprint density at radius 1 is 0.698 bits per heavy atom. The Hall–Kier alpha value is -3.37. The van der Waals surface area contributed by atoms with E-state index >= 15 is 0 Å². The number of benzene rings is 3. The van der Waals surface area contributed by atoms with Gasteiger partial charge in [0.15, 0.2) is 0 Å². The van der Waals surface area contributed by atoms with Gasteiger partial charge >= 0.3 is 12.4 Å². The van der Waals surface area contributed by atoms with Crippen LogP contribution in [0.15, 0.2) is 78.9 Å². The molecule has 4 nitrogen and oxygen atoms in total. The molecule has 230 valence electrons. The predicted molar refractivity (Wildman–Crippen MR) is 152 cm³/mol. The zero-order valence-corrected chi connectivity index (χ0v) is 23.7. The summed E-state index contributed by atoms with van der Waals surface area (Å²) >= 11 is 0. The van der Waals surface area contributed by atoms with E-state index in [1.807, 2.05) is 58.3 Å². The summed E-state index contributed by atoms with van der Waals surface area (Å²) in [5.74, 6) is 0.552. The van der Waals surface area contributed by atoms with Crippen molar-refractivity contribution in [3.8, 4) is 0 Å². The molecule has 2 aliphatic rings. The van der Waals surface area contributed by atoms with Gasteiger partial charge in [-0.15, -0.1) is 0 Å². The molecule has 1 unspecified atom stereocenters. The van der Waals surface area contributed by atoms with E-state index in [9.17, 15) is 31.1 Å². The van der Waals surface area contributed by atoms with E-state index in [1.54, 1.807) is 0 Å². The first kappa shape index (κ1) is 31.1. The number of piperidine rings is 1. The third-order valence-corrected chi connectivity index (χ3v) is 8.46. The highest BCUT2D eigenvalue weighted by Crippen LogP contribution is 2.37. The smallest absolute Gasteiger partial charge is 0.332 e. The first-order valence-corrected chi connectivity index (χ1v) is 14.6. The summed E-state index contributed by atoms with van der Waals surface area (Å²) in [5.41, 5.74) is -0.508. The summed E-state index contributed by atoms with van der Waals surface area (Å²) in [5, 5.41) is 0. The average molecular weight is 604 g/mol. The molecule has 1 amide bonds. The molecule has 3 aromatic carbocycles. The molecule has 2 saturated heterocycles. The zero-order valence-electron chi connectivity index (χ0n) is 23.7. The Labute approximate surface area is 247 Å². The number of hydrogen-bond donors (Lipinski definition) is 0. The van der Waals surface area contributed by atoms with Gasteiger partial charge in [-0.2, -0.15) is 26.3 Å². The summed E-state index contributed by atoms with van der Waals surface area (Å²) in [4.78, 5) is 19.4. The van der Waals surface area contributed by atoms with E-state index in [2.05, 4.69) is 17.0 Å². The van der Waals surface area contributed by atoms with E-state index in [4.69, 9.17) is 0 Å². The topological polar surface area (TPSA) is 26.8 Å². The molecule has 43 heavy (non-hydrogen) atoms. The highest BCUT2D eigenvalue weighted by atomic mass is 19.4. The van der Waals surface area contributed by atoms with Crippen LogP contribution in [0.1, 0.15) is 46.7 Å². The molecule has 0 aromatic heterocycles. The number of carbonyl (C=O) groups excluding carboxylic acids is 1. The molecule has 0 aliphatic carbocycles. The quantitative estimate of drug-likeness (QED) is 0.271. The van der Waals surface area contributed by atoms with Crippen molar-refractivity contribution >= 4 is 5.91 Å². The normalized spacial score (nSPS) is 19.5. The second-order valence-electron chi connectivity index (χ2n) is 11.6. The number of amides is 1. The van der Waals surface area contributed by atoms with Crippen molar-refractivity contribution in [3.63, 3.8) is 0 Å². The van der Waals surface area contributed by atoms with E-state index in [0.29, 0.717) is 25.6 Å². The second kappa shape index (κ2) is 13.1. The summed E-state index contributed by atoms with van der Waals surface area (Å²) in [6, 6.07) is 21.1. The van der Waals surface area contributed by atoms with Gasteiger partial charge in [0.2, 0.25) is 5.91 Å². The van der Waals surface area contributed by atoms with Gasteiger partial charge < -0.3 is 4.90 Å². The SMILES string of the molecule is O=C(CN1CCC(Cc2ccccc2)CC1)N1CCN(Cc2cc(C(F)(F)F)cc(C(F)(F)F)c2)CC1c1ccccc1. The van der Waals surface area contributed by atoms with Crippen LogP contribution >= 0.6 is 0 Å². The highest BCUT2D eigenvalue weighted by Gasteiger charge is 2.38. The fourth-order valence-corrected chi connectivity index (χ4v) is 6.19. The monoisotopic (exact) mass is 603 g/mol. The molecule has 0 radical (unpaired) electrons. The van der Waals surface area contributed by atoms with E-state index in [0.717, 1.165) is 50.0 Å². The lowest BCUT2D eigenvalue weighted by atomic mass is 9.90. The van der Waals surface area contributed by atoms with Crippen LogP contribution in [0.2, 0.25) is 0 Å². The molecule has 5 rings (SSSR count). The van der Waals surface area contributed by atoms with Crippen LogP contribution in [0.5, 0.6) is 0 Å². The van der Waals surface area contributed by atoms with Crippen molar-refractivity contribution in [2.24, 2.45) is 5.92 Å². The van der Waals surface area contributed by atoms with Gasteiger partial charge in [-0.1, -0.05) is 60.7 Å². The minimum absolute atomic E-state index is 0.0200. The molecular weight excluding hydrogens is 568 g/mol. The maximum absolute atomic E-state index is 13.6. The fraction of sp³-hybridized carbons (Fsp3) is 0.424. The molecular formula is C33H35F6N3O. The lowest BCUT2D eigenvalue weighted by Gasteiger charge is -2.43. The van der Waals surface area contributed by atoms with Gasteiger partial charge in [-0.3, -0.25) is 14.6 Å². The molecule has 0 N–H and O–H groups in total. The highest BCUT2D eigenvalue weighted by molar-refractivity contribution is 5.79. The van der Waals surface area contributed by atoms with E-state index < -0.39 is 23.5 Å². The molecule has 1 atom stereocenters. The summed E-state index contributed by atoms with van der Waals surface area (Å²) in [6.07, 6.45) is -6.76. The Kier molecular flexibility index (Phi) is 9.46. The largest absolute Gasteiger partial charge is 0.416 e. The lowest BCUT2D eigenvalue weighted by molar-refractivity contribution is -0.143. The second-order valence-corrected chi connectivity index (χ2v) is 11.6. The molecule has 3 aromatic rings. The van der Waals surface area contributed by atoms with Crippen LogP contribution in [0, 0.1) is 5.92 Å². The van der Waals surface area contributed by atoms with E-state index in [1.165, 1.54) is 5.56 Å². The third-order valence-electron chi connectivity index (χ3n) is 8.46. The summed E-state index contributed by atoms with van der Waals surface area (Å²) < 4.78 is 80.5. The van der Waals surface area contributed by atoms with Gasteiger partial charge in [-0.25, -0.2) is 0 Å². The number of nitrogens with zero attached hydrogens (tertiary/aromatic N) is 3. The minimum atomic E-state index is -4.90. The molecule has 2 heterocycles. The Morgan fingerprint density at radius 2 is 1.28 bits per heavy atom. The van der Waals surface area contributed by atoms with Gasteiger partial charge in [-0.05, 0) is 73.2 Å². The Balaban J connectivity index is 1.25. The van der Waals surface area contributed by atoms with Gasteiger partial charge in [0, 0.05) is 26.2 Å². The van der Waals surface area contributed by atoms with Crippen LogP contribution in [0.4, 0.5) is 26.3 Å². The van der Waals surface area contributed by atoms with Crippen LogP contribution in [0.3, 0.4) is 0 Å². The zero-order chi connectivity index (χ0) is 30.6. The Morgan fingerprint density at radius 3 is 1.86 bits per heavy atom. The molecule has 0 bridgehead atoms. The Bertz CT molecular complexity index is 1320. The number of carbonyl (C=O) groups is 1. The van der Waals surface area contributed by atoms with Crippen molar-refractivity contribution in [1.29, 1.82) is 0 Å². The van der Waals surface area contributed by atoms with Crippen LogP contribution in [-0.4, -0.2) is 59.9 Å². The van der Waals surface area contributed by atoms with Gasteiger partial charge in [0.1, 0.15) is 0 Å². The van der Waals surface area contributed by atoms with Gasteiger partial charge in [0.25, 0.3) is 0 Å². The van der Waals surface area contributed by atoms with E-state index in [-0.39, 0.29) is 36.7 Å². The van der Waals surface area contributed by atoms with Crippen molar-refractivity contribution in [2.45, 2.75) is 44.2 Å². The number of halogens is 6. The van der Waals surface area contributed by atoms with Gasteiger partial charge in [0.05, 0.1) is 23.7 Å². The molecule has 0 spiro atoms. The maximum Gasteiger partial charge on any atom is 0.416 e.